The Morgan fingerprint density at radius 2 is 1.57 bits per heavy atom. The maximum absolute atomic E-state index is 10.2. The van der Waals surface area contributed by atoms with Gasteiger partial charge in [-0.1, -0.05) is 43.3 Å². The van der Waals surface area contributed by atoms with Crippen molar-refractivity contribution in [3.63, 3.8) is 0 Å². The molecule has 3 nitrogen and oxygen atoms in total. The van der Waals surface area contributed by atoms with Crippen LogP contribution in [0.4, 0.5) is 0 Å². The Hall–Kier alpha value is -2.00. The van der Waals surface area contributed by atoms with E-state index in [1.807, 2.05) is 19.1 Å². The van der Waals surface area contributed by atoms with Crippen molar-refractivity contribution in [2.24, 2.45) is 0 Å². The monoisotopic (exact) mass is 285 g/mol. The predicted molar refractivity (Wildman–Crippen MR) is 85.6 cm³/mol. The summed E-state index contributed by atoms with van der Waals surface area (Å²) in [5, 5.41) is 13.5. The number of aryl methyl sites for hydroxylation is 1. The van der Waals surface area contributed by atoms with Gasteiger partial charge >= 0.3 is 0 Å². The summed E-state index contributed by atoms with van der Waals surface area (Å²) < 4.78 is 5.40. The summed E-state index contributed by atoms with van der Waals surface area (Å²) >= 11 is 0. The van der Waals surface area contributed by atoms with Crippen LogP contribution in [0.5, 0.6) is 11.5 Å². The van der Waals surface area contributed by atoms with Crippen LogP contribution >= 0.6 is 0 Å². The molecule has 0 bridgehead atoms. The number of hydrogen-bond acceptors (Lipinski definition) is 3. The Balaban J connectivity index is 1.99. The average molecular weight is 285 g/mol. The van der Waals surface area contributed by atoms with Crippen LogP contribution in [0.25, 0.3) is 0 Å². The molecule has 0 fully saturated rings. The third-order valence-electron chi connectivity index (χ3n) is 3.51. The molecule has 0 spiro atoms. The van der Waals surface area contributed by atoms with Gasteiger partial charge in [-0.25, -0.2) is 0 Å². The van der Waals surface area contributed by atoms with E-state index in [-0.39, 0.29) is 5.75 Å². The van der Waals surface area contributed by atoms with Crippen molar-refractivity contribution >= 4 is 0 Å². The van der Waals surface area contributed by atoms with Gasteiger partial charge in [0.2, 0.25) is 0 Å². The highest BCUT2D eigenvalue weighted by Crippen LogP contribution is 2.29. The molecule has 0 unspecified atom stereocenters. The van der Waals surface area contributed by atoms with Gasteiger partial charge in [0.15, 0.2) is 11.5 Å². The second-order valence-corrected chi connectivity index (χ2v) is 4.92. The molecule has 0 amide bonds. The van der Waals surface area contributed by atoms with Gasteiger partial charge < -0.3 is 15.2 Å². The first-order valence-electron chi connectivity index (χ1n) is 7.47. The standard InChI is InChI=1S/C18H23NO2/c1-3-14-8-5-6-9-15(14)12-19-13-16-10-7-11-17(18(16)20)21-4-2/h5-11,19-20H,3-4,12-13H2,1-2H3. The molecule has 0 aromatic heterocycles. The van der Waals surface area contributed by atoms with Crippen LogP contribution in [0.2, 0.25) is 0 Å². The van der Waals surface area contributed by atoms with Gasteiger partial charge in [0.25, 0.3) is 0 Å². The molecule has 2 aromatic carbocycles. The Bertz CT molecular complexity index is 581. The predicted octanol–water partition coefficient (Wildman–Crippen LogP) is 3.64. The maximum Gasteiger partial charge on any atom is 0.162 e. The molecule has 0 aliphatic heterocycles. The minimum Gasteiger partial charge on any atom is -0.504 e. The van der Waals surface area contributed by atoms with Gasteiger partial charge in [0.05, 0.1) is 6.61 Å². The summed E-state index contributed by atoms with van der Waals surface area (Å²) in [6.45, 7) is 6.03. The van der Waals surface area contributed by atoms with Gasteiger partial charge in [0.1, 0.15) is 0 Å². The first-order valence-corrected chi connectivity index (χ1v) is 7.47. The number of phenolic OH excluding ortho intramolecular Hbond substituents is 1. The molecule has 0 saturated carbocycles. The van der Waals surface area contributed by atoms with Gasteiger partial charge in [-0.15, -0.1) is 0 Å². The molecule has 2 N–H and O–H groups in total. The molecule has 2 rings (SSSR count). The van der Waals surface area contributed by atoms with E-state index in [9.17, 15) is 5.11 Å². The number of nitrogens with one attached hydrogen (secondary N) is 1. The lowest BCUT2D eigenvalue weighted by molar-refractivity contribution is 0.316. The lowest BCUT2D eigenvalue weighted by Crippen LogP contribution is -2.14. The Morgan fingerprint density at radius 1 is 0.905 bits per heavy atom. The van der Waals surface area contributed by atoms with E-state index < -0.39 is 0 Å². The zero-order chi connectivity index (χ0) is 15.1. The van der Waals surface area contributed by atoms with E-state index in [1.54, 1.807) is 6.07 Å². The lowest BCUT2D eigenvalue weighted by atomic mass is 10.1. The van der Waals surface area contributed by atoms with Crippen molar-refractivity contribution in [2.75, 3.05) is 6.61 Å². The summed E-state index contributed by atoms with van der Waals surface area (Å²) in [5.74, 6) is 0.779. The van der Waals surface area contributed by atoms with E-state index in [1.165, 1.54) is 11.1 Å². The molecule has 0 aliphatic rings. The van der Waals surface area contributed by atoms with Crippen LogP contribution in [-0.4, -0.2) is 11.7 Å². The molecule has 0 aliphatic carbocycles. The number of benzene rings is 2. The number of ether oxygens (including phenoxy) is 1. The Morgan fingerprint density at radius 3 is 2.29 bits per heavy atom. The van der Waals surface area contributed by atoms with Crippen LogP contribution in [0.15, 0.2) is 42.5 Å². The second-order valence-electron chi connectivity index (χ2n) is 4.92. The second kappa shape index (κ2) is 7.70. The molecule has 2 aromatic rings. The van der Waals surface area contributed by atoms with E-state index in [2.05, 4.69) is 36.5 Å². The van der Waals surface area contributed by atoms with Crippen molar-refractivity contribution in [1.29, 1.82) is 0 Å². The molecular formula is C18H23NO2. The fraction of sp³-hybridized carbons (Fsp3) is 0.333. The molecule has 21 heavy (non-hydrogen) atoms. The number of aromatic hydroxyl groups is 1. The van der Waals surface area contributed by atoms with Crippen LogP contribution in [0.3, 0.4) is 0 Å². The zero-order valence-corrected chi connectivity index (χ0v) is 12.7. The Kier molecular flexibility index (Phi) is 5.64. The molecule has 0 radical (unpaired) electrons. The fourth-order valence-electron chi connectivity index (χ4n) is 2.39. The van der Waals surface area contributed by atoms with E-state index in [0.717, 1.165) is 18.5 Å². The number of hydrogen-bond donors (Lipinski definition) is 2. The maximum atomic E-state index is 10.2. The highest BCUT2D eigenvalue weighted by atomic mass is 16.5. The lowest BCUT2D eigenvalue weighted by Gasteiger charge is -2.12. The smallest absolute Gasteiger partial charge is 0.162 e. The summed E-state index contributed by atoms with van der Waals surface area (Å²) in [6, 6.07) is 14.0. The summed E-state index contributed by atoms with van der Waals surface area (Å²) in [4.78, 5) is 0. The van der Waals surface area contributed by atoms with Gasteiger partial charge in [-0.3, -0.25) is 0 Å². The largest absolute Gasteiger partial charge is 0.504 e. The van der Waals surface area contributed by atoms with Crippen molar-refractivity contribution < 1.29 is 9.84 Å². The minimum atomic E-state index is 0.232. The number of para-hydroxylation sites is 1. The highest BCUT2D eigenvalue weighted by Gasteiger charge is 2.07. The van der Waals surface area contributed by atoms with E-state index >= 15 is 0 Å². The van der Waals surface area contributed by atoms with Crippen molar-refractivity contribution in [1.82, 2.24) is 5.32 Å². The van der Waals surface area contributed by atoms with Crippen molar-refractivity contribution in [2.45, 2.75) is 33.4 Å². The van der Waals surface area contributed by atoms with Crippen LogP contribution < -0.4 is 10.1 Å². The van der Waals surface area contributed by atoms with Crippen molar-refractivity contribution in [3.05, 3.63) is 59.2 Å². The minimum absolute atomic E-state index is 0.232. The van der Waals surface area contributed by atoms with Gasteiger partial charge in [0, 0.05) is 18.7 Å². The number of rotatable bonds is 7. The first-order chi connectivity index (χ1) is 10.3. The molecule has 0 heterocycles. The van der Waals surface area contributed by atoms with E-state index in [4.69, 9.17) is 4.74 Å². The summed E-state index contributed by atoms with van der Waals surface area (Å²) in [7, 11) is 0. The van der Waals surface area contributed by atoms with Crippen molar-refractivity contribution in [3.8, 4) is 11.5 Å². The topological polar surface area (TPSA) is 41.5 Å². The summed E-state index contributed by atoms with van der Waals surface area (Å²) in [5.41, 5.74) is 3.52. The third-order valence-corrected chi connectivity index (χ3v) is 3.51. The van der Waals surface area contributed by atoms with E-state index in [0.29, 0.717) is 18.9 Å². The SMILES string of the molecule is CCOc1cccc(CNCc2ccccc2CC)c1O. The first kappa shape index (κ1) is 15.4. The van der Waals surface area contributed by atoms with Gasteiger partial charge in [-0.2, -0.15) is 0 Å². The molecule has 3 heteroatoms. The molecule has 0 atom stereocenters. The fourth-order valence-corrected chi connectivity index (χ4v) is 2.39. The Labute approximate surface area is 126 Å². The third kappa shape index (κ3) is 3.99. The normalized spacial score (nSPS) is 10.6. The molecule has 0 saturated heterocycles. The van der Waals surface area contributed by atoms with Crippen LogP contribution in [-0.2, 0) is 19.5 Å². The van der Waals surface area contributed by atoms with Gasteiger partial charge in [-0.05, 0) is 30.5 Å². The quantitative estimate of drug-likeness (QED) is 0.816. The summed E-state index contributed by atoms with van der Waals surface area (Å²) in [6.07, 6.45) is 1.03. The zero-order valence-electron chi connectivity index (χ0n) is 12.7. The van der Waals surface area contributed by atoms with Crippen LogP contribution in [0.1, 0.15) is 30.5 Å². The highest BCUT2D eigenvalue weighted by molar-refractivity contribution is 5.45. The van der Waals surface area contributed by atoms with Crippen LogP contribution in [0, 0.1) is 0 Å². The molecular weight excluding hydrogens is 262 g/mol. The average Bonchev–Trinajstić information content (AvgIpc) is 2.51. The molecule has 112 valence electrons. The number of phenols is 1.